The van der Waals surface area contributed by atoms with E-state index < -0.39 is 18.2 Å². The maximum atomic E-state index is 12.3. The molecule has 0 atom stereocenters. The van der Waals surface area contributed by atoms with Gasteiger partial charge in [-0.15, -0.1) is 0 Å². The number of amides is 1. The van der Waals surface area contributed by atoms with E-state index in [1.807, 2.05) is 13.8 Å². The molecule has 1 heterocycles. The van der Waals surface area contributed by atoms with Crippen LogP contribution in [0.4, 0.5) is 13.2 Å². The van der Waals surface area contributed by atoms with Crippen LogP contribution in [0.25, 0.3) is 0 Å². The number of hydrogen-bond acceptors (Lipinski definition) is 4. The van der Waals surface area contributed by atoms with Crippen molar-refractivity contribution in [3.63, 3.8) is 0 Å². The topological polar surface area (TPSA) is 77.2 Å². The summed E-state index contributed by atoms with van der Waals surface area (Å²) in [4.78, 5) is 16.0. The van der Waals surface area contributed by atoms with Gasteiger partial charge in [-0.1, -0.05) is 13.8 Å². The zero-order valence-electron chi connectivity index (χ0n) is 13.2. The molecular weight excluding hydrogens is 311 g/mol. The molecule has 23 heavy (non-hydrogen) atoms. The van der Waals surface area contributed by atoms with Crippen LogP contribution in [0, 0.1) is 5.41 Å². The number of aromatic nitrogens is 1. The van der Waals surface area contributed by atoms with Gasteiger partial charge in [0.1, 0.15) is 0 Å². The molecule has 0 saturated carbocycles. The number of alkyl halides is 3. The van der Waals surface area contributed by atoms with Gasteiger partial charge in [-0.05, 0) is 24.5 Å². The summed E-state index contributed by atoms with van der Waals surface area (Å²) in [5.41, 5.74) is 5.68. The highest BCUT2D eigenvalue weighted by Gasteiger charge is 2.33. The summed E-state index contributed by atoms with van der Waals surface area (Å²) in [6.45, 7) is 2.79. The first kappa shape index (κ1) is 19.2. The third-order valence-electron chi connectivity index (χ3n) is 3.86. The van der Waals surface area contributed by atoms with Crippen LogP contribution in [0.1, 0.15) is 32.3 Å². The van der Waals surface area contributed by atoms with Crippen molar-refractivity contribution in [2.24, 2.45) is 11.1 Å². The summed E-state index contributed by atoms with van der Waals surface area (Å²) < 4.78 is 40.9. The first-order valence-electron chi connectivity index (χ1n) is 7.39. The number of nitrogens with one attached hydrogen (secondary N) is 1. The second-order valence-electron chi connectivity index (χ2n) is 5.28. The Labute approximate surface area is 133 Å². The van der Waals surface area contributed by atoms with Crippen LogP contribution in [-0.4, -0.2) is 30.2 Å². The molecule has 0 spiro atoms. The van der Waals surface area contributed by atoms with Gasteiger partial charge in [0, 0.05) is 25.4 Å². The molecule has 0 fully saturated rings. The van der Waals surface area contributed by atoms with E-state index in [9.17, 15) is 18.0 Å². The summed E-state index contributed by atoms with van der Waals surface area (Å²) in [6, 6.07) is 2.97. The van der Waals surface area contributed by atoms with Crippen molar-refractivity contribution in [2.75, 3.05) is 13.2 Å². The number of rotatable bonds is 8. The molecule has 0 saturated heterocycles. The Hall–Kier alpha value is -1.83. The van der Waals surface area contributed by atoms with Crippen LogP contribution in [0.3, 0.4) is 0 Å². The quantitative estimate of drug-likeness (QED) is 0.766. The van der Waals surface area contributed by atoms with Gasteiger partial charge in [0.15, 0.2) is 6.61 Å². The normalized spacial score (nSPS) is 12.1. The molecule has 0 aliphatic rings. The first-order valence-corrected chi connectivity index (χ1v) is 7.39. The van der Waals surface area contributed by atoms with Crippen LogP contribution in [0.5, 0.6) is 5.88 Å². The Morgan fingerprint density at radius 2 is 2.00 bits per heavy atom. The van der Waals surface area contributed by atoms with Crippen molar-refractivity contribution in [3.8, 4) is 5.88 Å². The van der Waals surface area contributed by atoms with E-state index in [0.29, 0.717) is 18.4 Å². The lowest BCUT2D eigenvalue weighted by Gasteiger charge is -2.28. The number of carbonyl (C=O) groups excluding carboxylic acids is 1. The molecular formula is C15H22F3N3O2. The fourth-order valence-electron chi connectivity index (χ4n) is 2.12. The first-order chi connectivity index (χ1) is 10.8. The van der Waals surface area contributed by atoms with Crippen molar-refractivity contribution in [3.05, 3.63) is 23.9 Å². The second kappa shape index (κ2) is 8.14. The maximum absolute atomic E-state index is 12.3. The summed E-state index contributed by atoms with van der Waals surface area (Å²) in [5, 5.41) is 2.77. The number of hydrogen-bond donors (Lipinski definition) is 2. The fraction of sp³-hybridized carbons (Fsp3) is 0.600. The summed E-state index contributed by atoms with van der Waals surface area (Å²) >= 11 is 0. The van der Waals surface area contributed by atoms with Gasteiger partial charge < -0.3 is 15.8 Å². The van der Waals surface area contributed by atoms with E-state index >= 15 is 0 Å². The van der Waals surface area contributed by atoms with Gasteiger partial charge in [-0.25, -0.2) is 4.98 Å². The molecule has 8 heteroatoms. The molecule has 1 amide bonds. The molecule has 0 bridgehead atoms. The zero-order valence-corrected chi connectivity index (χ0v) is 13.2. The summed E-state index contributed by atoms with van der Waals surface area (Å²) in [7, 11) is 0. The van der Waals surface area contributed by atoms with Gasteiger partial charge in [0.25, 0.3) is 0 Å². The molecule has 1 rings (SSSR count). The summed E-state index contributed by atoms with van der Waals surface area (Å²) in [5.74, 6) is -0.301. The SMILES string of the molecule is CCC(CC)(CN)C(=O)NCc1ccnc(OCC(F)(F)F)c1. The molecule has 5 nitrogen and oxygen atoms in total. The molecule has 0 aromatic carbocycles. The summed E-state index contributed by atoms with van der Waals surface area (Å²) in [6.07, 6.45) is -1.86. The van der Waals surface area contributed by atoms with E-state index in [2.05, 4.69) is 15.0 Å². The smallest absolute Gasteiger partial charge is 0.422 e. The number of ether oxygens (including phenoxy) is 1. The van der Waals surface area contributed by atoms with Gasteiger partial charge in [-0.2, -0.15) is 13.2 Å². The molecule has 0 aliphatic heterocycles. The molecule has 1 aromatic heterocycles. The Kier molecular flexibility index (Phi) is 6.80. The molecule has 3 N–H and O–H groups in total. The van der Waals surface area contributed by atoms with Crippen molar-refractivity contribution < 1.29 is 22.7 Å². The Morgan fingerprint density at radius 3 is 2.52 bits per heavy atom. The van der Waals surface area contributed by atoms with Gasteiger partial charge in [-0.3, -0.25) is 4.79 Å². The van der Waals surface area contributed by atoms with E-state index in [0.717, 1.165) is 0 Å². The Balaban J connectivity index is 2.66. The zero-order chi connectivity index (χ0) is 17.5. The van der Waals surface area contributed by atoms with Crippen LogP contribution in [0.15, 0.2) is 18.3 Å². The van der Waals surface area contributed by atoms with Crippen LogP contribution >= 0.6 is 0 Å². The third kappa shape index (κ3) is 5.70. The van der Waals surface area contributed by atoms with Gasteiger partial charge >= 0.3 is 6.18 Å². The van der Waals surface area contributed by atoms with E-state index in [4.69, 9.17) is 5.73 Å². The minimum absolute atomic E-state index is 0.134. The minimum Gasteiger partial charge on any atom is -0.468 e. The molecule has 1 aromatic rings. The highest BCUT2D eigenvalue weighted by atomic mass is 19.4. The van der Waals surface area contributed by atoms with E-state index in [1.54, 1.807) is 6.07 Å². The minimum atomic E-state index is -4.42. The predicted molar refractivity (Wildman–Crippen MR) is 79.7 cm³/mol. The molecule has 0 unspecified atom stereocenters. The van der Waals surface area contributed by atoms with Gasteiger partial charge in [0.2, 0.25) is 11.8 Å². The van der Waals surface area contributed by atoms with Crippen LogP contribution < -0.4 is 15.8 Å². The lowest BCUT2D eigenvalue weighted by molar-refractivity contribution is -0.154. The van der Waals surface area contributed by atoms with Crippen LogP contribution in [0.2, 0.25) is 0 Å². The molecule has 0 aliphatic carbocycles. The number of pyridine rings is 1. The average Bonchev–Trinajstić information content (AvgIpc) is 2.53. The predicted octanol–water partition coefficient (Wildman–Crippen LogP) is 2.40. The average molecular weight is 333 g/mol. The van der Waals surface area contributed by atoms with Crippen molar-refractivity contribution in [2.45, 2.75) is 39.4 Å². The Bertz CT molecular complexity index is 509. The number of halogens is 3. The largest absolute Gasteiger partial charge is 0.468 e. The van der Waals surface area contributed by atoms with E-state index in [1.165, 1.54) is 12.3 Å². The highest BCUT2D eigenvalue weighted by molar-refractivity contribution is 5.82. The lowest BCUT2D eigenvalue weighted by atomic mass is 9.81. The second-order valence-corrected chi connectivity index (χ2v) is 5.28. The fourth-order valence-corrected chi connectivity index (χ4v) is 2.12. The van der Waals surface area contributed by atoms with Crippen molar-refractivity contribution in [1.82, 2.24) is 10.3 Å². The van der Waals surface area contributed by atoms with Crippen molar-refractivity contribution in [1.29, 1.82) is 0 Å². The third-order valence-corrected chi connectivity index (χ3v) is 3.86. The standard InChI is InChI=1S/C15H22F3N3O2/c1-3-14(4-2,9-19)13(22)21-8-11-5-6-20-12(7-11)23-10-15(16,17)18/h5-7H,3-4,8-10,19H2,1-2H3,(H,21,22). The number of carbonyl (C=O) groups is 1. The highest BCUT2D eigenvalue weighted by Crippen LogP contribution is 2.25. The molecule has 0 radical (unpaired) electrons. The van der Waals surface area contributed by atoms with Crippen LogP contribution in [-0.2, 0) is 11.3 Å². The molecule has 130 valence electrons. The van der Waals surface area contributed by atoms with Gasteiger partial charge in [0.05, 0.1) is 5.41 Å². The van der Waals surface area contributed by atoms with E-state index in [-0.39, 0.29) is 24.9 Å². The lowest BCUT2D eigenvalue weighted by Crippen LogP contribution is -2.45. The number of nitrogens with two attached hydrogens (primary N) is 1. The Morgan fingerprint density at radius 1 is 1.35 bits per heavy atom. The number of nitrogens with zero attached hydrogens (tertiary/aromatic N) is 1. The maximum Gasteiger partial charge on any atom is 0.422 e. The van der Waals surface area contributed by atoms with Crippen molar-refractivity contribution >= 4 is 5.91 Å². The monoisotopic (exact) mass is 333 g/mol.